The molecule has 0 saturated heterocycles. The largest absolute Gasteiger partial charge is 0.479 e. The number of hydrogen-bond acceptors (Lipinski definition) is 5. The normalized spacial score (nSPS) is 11.9. The van der Waals surface area contributed by atoms with Crippen LogP contribution < -0.4 is 5.32 Å². The van der Waals surface area contributed by atoms with E-state index in [9.17, 15) is 24.8 Å². The predicted octanol–water partition coefficient (Wildman–Crippen LogP) is 2.89. The molecule has 2 N–H and O–H groups in total. The number of aryl methyl sites for hydroxylation is 2. The van der Waals surface area contributed by atoms with Gasteiger partial charge in [0.25, 0.3) is 0 Å². The lowest BCUT2D eigenvalue weighted by molar-refractivity contribution is -0.386. The third kappa shape index (κ3) is 4.23. The van der Waals surface area contributed by atoms with E-state index in [2.05, 4.69) is 10.4 Å². The molecule has 0 bridgehead atoms. The summed E-state index contributed by atoms with van der Waals surface area (Å²) in [5.41, 5.74) is 1.01. The maximum atomic E-state index is 12.4. The number of amides is 1. The Morgan fingerprint density at radius 2 is 1.90 bits per heavy atom. The highest BCUT2D eigenvalue weighted by molar-refractivity contribution is 5.88. The highest BCUT2D eigenvalue weighted by Gasteiger charge is 2.24. The van der Waals surface area contributed by atoms with Crippen molar-refractivity contribution < 1.29 is 19.6 Å². The van der Waals surface area contributed by atoms with Crippen LogP contribution in [-0.2, 0) is 16.1 Å². The summed E-state index contributed by atoms with van der Waals surface area (Å²) in [6.07, 6.45) is -0.0591. The van der Waals surface area contributed by atoms with Gasteiger partial charge < -0.3 is 10.4 Å². The van der Waals surface area contributed by atoms with Crippen molar-refractivity contribution in [2.75, 3.05) is 0 Å². The van der Waals surface area contributed by atoms with E-state index in [1.165, 1.54) is 11.6 Å². The Hall–Kier alpha value is -3.75. The van der Waals surface area contributed by atoms with Crippen molar-refractivity contribution in [3.05, 3.63) is 69.5 Å². The molecule has 1 unspecified atom stereocenters. The fraction of sp³-hybridized carbons (Fsp3) is 0.250. The van der Waals surface area contributed by atoms with Crippen molar-refractivity contribution in [2.24, 2.45) is 0 Å². The fourth-order valence-corrected chi connectivity index (χ4v) is 3.29. The first-order valence-corrected chi connectivity index (χ1v) is 8.97. The molecule has 3 rings (SSSR count). The van der Waals surface area contributed by atoms with E-state index in [4.69, 9.17) is 0 Å². The van der Waals surface area contributed by atoms with Crippen LogP contribution in [0.5, 0.6) is 0 Å². The van der Waals surface area contributed by atoms with Gasteiger partial charge in [0, 0.05) is 6.42 Å². The van der Waals surface area contributed by atoms with Crippen molar-refractivity contribution >= 4 is 28.3 Å². The molecule has 0 aliphatic rings. The molecule has 1 heterocycles. The molecule has 0 saturated carbocycles. The number of nitrogens with one attached hydrogen (secondary N) is 1. The molecule has 29 heavy (non-hydrogen) atoms. The quantitative estimate of drug-likeness (QED) is 0.467. The van der Waals surface area contributed by atoms with Gasteiger partial charge in [-0.25, -0.2) is 4.79 Å². The van der Waals surface area contributed by atoms with Crippen LogP contribution in [0.4, 0.5) is 5.69 Å². The van der Waals surface area contributed by atoms with Crippen LogP contribution >= 0.6 is 0 Å². The lowest BCUT2D eigenvalue weighted by atomic mass is 10.0. The van der Waals surface area contributed by atoms with Gasteiger partial charge in [-0.2, -0.15) is 5.10 Å². The summed E-state index contributed by atoms with van der Waals surface area (Å²) < 4.78 is 1.39. The number of benzene rings is 2. The summed E-state index contributed by atoms with van der Waals surface area (Å²) in [7, 11) is 0. The first-order valence-electron chi connectivity index (χ1n) is 8.97. The SMILES string of the molecule is Cc1nn(CCC(=O)NC(C(=O)O)c2ccc3ccccc3c2)c(C)c1[N+](=O)[O-]. The molecular weight excluding hydrogens is 376 g/mol. The number of carbonyl (C=O) groups is 2. The van der Waals surface area contributed by atoms with Gasteiger partial charge in [0.1, 0.15) is 11.4 Å². The maximum absolute atomic E-state index is 12.4. The molecule has 0 aliphatic heterocycles. The lowest BCUT2D eigenvalue weighted by Crippen LogP contribution is -2.34. The van der Waals surface area contributed by atoms with Crippen LogP contribution in [0.2, 0.25) is 0 Å². The summed E-state index contributed by atoms with van der Waals surface area (Å²) in [6.45, 7) is 3.20. The Morgan fingerprint density at radius 3 is 2.52 bits per heavy atom. The summed E-state index contributed by atoms with van der Waals surface area (Å²) >= 11 is 0. The minimum atomic E-state index is -1.19. The van der Waals surface area contributed by atoms with E-state index in [1.807, 2.05) is 30.3 Å². The van der Waals surface area contributed by atoms with Gasteiger partial charge in [-0.15, -0.1) is 0 Å². The molecule has 1 atom stereocenters. The van der Waals surface area contributed by atoms with Crippen LogP contribution in [0.1, 0.15) is 29.4 Å². The van der Waals surface area contributed by atoms with Gasteiger partial charge in [0.2, 0.25) is 5.91 Å². The molecule has 0 fully saturated rings. The highest BCUT2D eigenvalue weighted by Crippen LogP contribution is 2.23. The molecule has 1 aromatic heterocycles. The Kier molecular flexibility index (Phi) is 5.58. The van der Waals surface area contributed by atoms with E-state index in [1.54, 1.807) is 19.1 Å². The number of fused-ring (bicyclic) bond motifs is 1. The molecule has 2 aromatic carbocycles. The summed E-state index contributed by atoms with van der Waals surface area (Å²) in [4.78, 5) is 34.6. The zero-order valence-electron chi connectivity index (χ0n) is 16.0. The maximum Gasteiger partial charge on any atom is 0.330 e. The number of aromatic nitrogens is 2. The van der Waals surface area contributed by atoms with Crippen molar-refractivity contribution in [3.8, 4) is 0 Å². The van der Waals surface area contributed by atoms with Crippen LogP contribution in [0.3, 0.4) is 0 Å². The van der Waals surface area contributed by atoms with Crippen LogP contribution in [-0.4, -0.2) is 31.7 Å². The number of hydrogen-bond donors (Lipinski definition) is 2. The second-order valence-corrected chi connectivity index (χ2v) is 6.70. The molecular formula is C20H20N4O5. The number of aliphatic carboxylic acids is 1. The average molecular weight is 396 g/mol. The van der Waals surface area contributed by atoms with Gasteiger partial charge in [-0.3, -0.25) is 19.6 Å². The number of nitro groups is 1. The lowest BCUT2D eigenvalue weighted by Gasteiger charge is -2.16. The Morgan fingerprint density at radius 1 is 1.21 bits per heavy atom. The average Bonchev–Trinajstić information content (AvgIpc) is 2.97. The Balaban J connectivity index is 1.72. The zero-order valence-corrected chi connectivity index (χ0v) is 16.0. The first kappa shape index (κ1) is 20.0. The van der Waals surface area contributed by atoms with E-state index >= 15 is 0 Å². The van der Waals surface area contributed by atoms with Crippen LogP contribution in [0.15, 0.2) is 42.5 Å². The number of nitrogens with zero attached hydrogens (tertiary/aromatic N) is 3. The van der Waals surface area contributed by atoms with E-state index in [-0.39, 0.29) is 24.3 Å². The molecule has 9 heteroatoms. The van der Waals surface area contributed by atoms with E-state index in [0.717, 1.165) is 10.8 Å². The van der Waals surface area contributed by atoms with Crippen molar-refractivity contribution in [1.82, 2.24) is 15.1 Å². The molecule has 9 nitrogen and oxygen atoms in total. The Bertz CT molecular complexity index is 1110. The van der Waals surface area contributed by atoms with Gasteiger partial charge in [-0.05, 0) is 36.2 Å². The third-order valence-electron chi connectivity index (χ3n) is 4.74. The minimum Gasteiger partial charge on any atom is -0.479 e. The van der Waals surface area contributed by atoms with Crippen molar-refractivity contribution in [1.29, 1.82) is 0 Å². The molecule has 3 aromatic rings. The van der Waals surface area contributed by atoms with Gasteiger partial charge in [0.05, 0.1) is 11.5 Å². The van der Waals surface area contributed by atoms with Crippen LogP contribution in [0, 0.1) is 24.0 Å². The summed E-state index contributed by atoms with van der Waals surface area (Å²) in [5.74, 6) is -1.66. The molecule has 0 spiro atoms. The minimum absolute atomic E-state index is 0.0591. The van der Waals surface area contributed by atoms with Crippen molar-refractivity contribution in [2.45, 2.75) is 32.9 Å². The highest BCUT2D eigenvalue weighted by atomic mass is 16.6. The number of carboxylic acid groups (broad SMARTS) is 1. The standard InChI is InChI=1S/C20H20N4O5/c1-12-19(24(28)29)13(2)23(22-12)10-9-17(25)21-18(20(26)27)16-8-7-14-5-3-4-6-15(14)11-16/h3-8,11,18H,9-10H2,1-2H3,(H,21,25)(H,26,27). The second kappa shape index (κ2) is 8.09. The zero-order chi connectivity index (χ0) is 21.1. The van der Waals surface area contributed by atoms with E-state index < -0.39 is 22.8 Å². The molecule has 1 amide bonds. The van der Waals surface area contributed by atoms with E-state index in [0.29, 0.717) is 11.3 Å². The smallest absolute Gasteiger partial charge is 0.330 e. The van der Waals surface area contributed by atoms with Gasteiger partial charge in [-0.1, -0.05) is 36.4 Å². The van der Waals surface area contributed by atoms with Gasteiger partial charge in [0.15, 0.2) is 6.04 Å². The van der Waals surface area contributed by atoms with Crippen molar-refractivity contribution in [3.63, 3.8) is 0 Å². The van der Waals surface area contributed by atoms with Gasteiger partial charge >= 0.3 is 11.7 Å². The fourth-order valence-electron chi connectivity index (χ4n) is 3.29. The topological polar surface area (TPSA) is 127 Å². The molecule has 150 valence electrons. The molecule has 0 aliphatic carbocycles. The predicted molar refractivity (Wildman–Crippen MR) is 105 cm³/mol. The number of rotatable bonds is 7. The monoisotopic (exact) mass is 396 g/mol. The Labute approximate surface area is 166 Å². The number of carbonyl (C=O) groups excluding carboxylic acids is 1. The third-order valence-corrected chi connectivity index (χ3v) is 4.74. The number of carboxylic acids is 1. The summed E-state index contributed by atoms with van der Waals surface area (Å²) in [6, 6.07) is 11.6. The molecule has 0 radical (unpaired) electrons. The second-order valence-electron chi connectivity index (χ2n) is 6.70. The summed E-state index contributed by atoms with van der Waals surface area (Å²) in [5, 5.41) is 29.1. The van der Waals surface area contributed by atoms with Crippen LogP contribution in [0.25, 0.3) is 10.8 Å². The first-order chi connectivity index (χ1) is 13.8.